The molecule has 0 radical (unpaired) electrons. The van der Waals surface area contributed by atoms with Crippen LogP contribution in [0.4, 0.5) is 4.39 Å². The van der Waals surface area contributed by atoms with Gasteiger partial charge in [-0.2, -0.15) is 0 Å². The monoisotopic (exact) mass is 303 g/mol. The molecule has 2 aromatic carbocycles. The molecule has 0 heterocycles. The first kappa shape index (κ1) is 16.0. The van der Waals surface area contributed by atoms with E-state index >= 15 is 0 Å². The van der Waals surface area contributed by atoms with Gasteiger partial charge in [0.1, 0.15) is 11.6 Å². The minimum Gasteiger partial charge on any atom is -0.497 e. The summed E-state index contributed by atoms with van der Waals surface area (Å²) >= 11 is 0. The van der Waals surface area contributed by atoms with Gasteiger partial charge in [-0.1, -0.05) is 18.2 Å². The highest BCUT2D eigenvalue weighted by Crippen LogP contribution is 2.12. The van der Waals surface area contributed by atoms with Gasteiger partial charge in [-0.3, -0.25) is 4.79 Å². The Morgan fingerprint density at radius 3 is 2.50 bits per heavy atom. The van der Waals surface area contributed by atoms with E-state index in [1.807, 2.05) is 12.1 Å². The zero-order valence-electron chi connectivity index (χ0n) is 12.3. The lowest BCUT2D eigenvalue weighted by Crippen LogP contribution is -2.24. The van der Waals surface area contributed by atoms with Crippen molar-refractivity contribution in [2.45, 2.75) is 19.6 Å². The molecule has 0 aliphatic carbocycles. The lowest BCUT2D eigenvalue weighted by molar-refractivity contribution is -0.120. The third-order valence-electron chi connectivity index (χ3n) is 3.29. The quantitative estimate of drug-likeness (QED) is 0.860. The molecule has 0 fully saturated rings. The third kappa shape index (κ3) is 4.30. The van der Waals surface area contributed by atoms with Gasteiger partial charge in [-0.15, -0.1) is 0 Å². The summed E-state index contributed by atoms with van der Waals surface area (Å²) in [5, 5.41) is 11.8. The van der Waals surface area contributed by atoms with Crippen molar-refractivity contribution in [3.63, 3.8) is 0 Å². The molecule has 5 heteroatoms. The number of carbonyl (C=O) groups is 1. The smallest absolute Gasteiger partial charge is 0.224 e. The molecule has 2 aromatic rings. The van der Waals surface area contributed by atoms with Crippen LogP contribution in [0, 0.1) is 5.82 Å². The van der Waals surface area contributed by atoms with E-state index in [1.165, 1.54) is 6.07 Å². The number of amides is 1. The molecule has 0 saturated carbocycles. The summed E-state index contributed by atoms with van der Waals surface area (Å²) in [7, 11) is 1.59. The Kier molecular flexibility index (Phi) is 5.49. The average molecular weight is 303 g/mol. The van der Waals surface area contributed by atoms with Gasteiger partial charge >= 0.3 is 0 Å². The highest BCUT2D eigenvalue weighted by molar-refractivity contribution is 5.78. The molecule has 4 nitrogen and oxygen atoms in total. The molecule has 22 heavy (non-hydrogen) atoms. The molecule has 1 amide bonds. The lowest BCUT2D eigenvalue weighted by atomic mass is 10.1. The number of carbonyl (C=O) groups excluding carboxylic acids is 1. The fraction of sp³-hybridized carbons (Fsp3) is 0.235. The number of aliphatic hydroxyl groups excluding tert-OH is 1. The van der Waals surface area contributed by atoms with Gasteiger partial charge in [0, 0.05) is 12.1 Å². The standard InChI is InChI=1S/C17H18FNO3/c1-22-15-5-2-12(3-6-15)9-17(21)19-10-13-4-7-16(18)14(8-13)11-20/h2-8,20H,9-11H2,1H3,(H,19,21). The normalized spacial score (nSPS) is 10.3. The van der Waals surface area contributed by atoms with E-state index in [9.17, 15) is 9.18 Å². The zero-order chi connectivity index (χ0) is 15.9. The van der Waals surface area contributed by atoms with E-state index in [-0.39, 0.29) is 24.5 Å². The second-order valence-corrected chi connectivity index (χ2v) is 4.89. The Bertz CT molecular complexity index is 641. The molecule has 2 N–H and O–H groups in total. The number of halogens is 1. The van der Waals surface area contributed by atoms with Gasteiger partial charge in [-0.25, -0.2) is 4.39 Å². The van der Waals surface area contributed by atoms with Crippen molar-refractivity contribution in [1.29, 1.82) is 0 Å². The summed E-state index contributed by atoms with van der Waals surface area (Å²) in [6.45, 7) is -0.0677. The number of ether oxygens (including phenoxy) is 1. The summed E-state index contributed by atoms with van der Waals surface area (Å²) in [6.07, 6.45) is 0.262. The Morgan fingerprint density at radius 2 is 1.86 bits per heavy atom. The van der Waals surface area contributed by atoms with E-state index in [2.05, 4.69) is 5.32 Å². The van der Waals surface area contributed by atoms with E-state index < -0.39 is 5.82 Å². The topological polar surface area (TPSA) is 58.6 Å². The summed E-state index contributed by atoms with van der Waals surface area (Å²) in [5.41, 5.74) is 1.85. The van der Waals surface area contributed by atoms with Gasteiger partial charge in [0.15, 0.2) is 0 Å². The second-order valence-electron chi connectivity index (χ2n) is 4.89. The summed E-state index contributed by atoms with van der Waals surface area (Å²) in [6, 6.07) is 11.7. The minimum absolute atomic E-state index is 0.125. The van der Waals surface area contributed by atoms with Crippen LogP contribution < -0.4 is 10.1 Å². The fourth-order valence-electron chi connectivity index (χ4n) is 2.05. The van der Waals surface area contributed by atoms with Crippen molar-refractivity contribution in [1.82, 2.24) is 5.32 Å². The van der Waals surface area contributed by atoms with Crippen LogP contribution in [0.1, 0.15) is 16.7 Å². The average Bonchev–Trinajstić information content (AvgIpc) is 2.55. The van der Waals surface area contributed by atoms with Crippen LogP contribution in [0.2, 0.25) is 0 Å². The van der Waals surface area contributed by atoms with Gasteiger partial charge in [0.2, 0.25) is 5.91 Å². The van der Waals surface area contributed by atoms with Crippen LogP contribution >= 0.6 is 0 Å². The van der Waals surface area contributed by atoms with Gasteiger partial charge in [-0.05, 0) is 35.4 Å². The van der Waals surface area contributed by atoms with Crippen molar-refractivity contribution in [3.8, 4) is 5.75 Å². The molecule has 0 unspecified atom stereocenters. The molecular formula is C17H18FNO3. The van der Waals surface area contributed by atoms with Crippen molar-refractivity contribution in [2.75, 3.05) is 7.11 Å². The van der Waals surface area contributed by atoms with Crippen LogP contribution in [0.5, 0.6) is 5.75 Å². The number of hydrogen-bond donors (Lipinski definition) is 2. The van der Waals surface area contributed by atoms with Crippen molar-refractivity contribution in [3.05, 3.63) is 65.0 Å². The Labute approximate surface area is 128 Å². The highest BCUT2D eigenvalue weighted by atomic mass is 19.1. The second kappa shape index (κ2) is 7.56. The summed E-state index contributed by atoms with van der Waals surface area (Å²) in [5.74, 6) is 0.169. The molecule has 116 valence electrons. The molecular weight excluding hydrogens is 285 g/mol. The molecule has 0 spiro atoms. The highest BCUT2D eigenvalue weighted by Gasteiger charge is 2.06. The van der Waals surface area contributed by atoms with Crippen molar-refractivity contribution < 1.29 is 19.0 Å². The predicted octanol–water partition coefficient (Wildman–Crippen LogP) is 2.19. The number of rotatable bonds is 6. The molecule has 0 saturated heterocycles. The molecule has 0 aliphatic heterocycles. The minimum atomic E-state index is -0.448. The van der Waals surface area contributed by atoms with E-state index in [1.54, 1.807) is 31.4 Å². The van der Waals surface area contributed by atoms with E-state index in [0.29, 0.717) is 6.54 Å². The fourth-order valence-corrected chi connectivity index (χ4v) is 2.05. The molecule has 2 rings (SSSR count). The third-order valence-corrected chi connectivity index (χ3v) is 3.29. The van der Waals surface area contributed by atoms with Crippen LogP contribution in [0.15, 0.2) is 42.5 Å². The summed E-state index contributed by atoms with van der Waals surface area (Å²) in [4.78, 5) is 11.9. The number of hydrogen-bond acceptors (Lipinski definition) is 3. The number of nitrogens with one attached hydrogen (secondary N) is 1. The van der Waals surface area contributed by atoms with Crippen LogP contribution in [-0.2, 0) is 24.4 Å². The first-order chi connectivity index (χ1) is 10.6. The largest absolute Gasteiger partial charge is 0.497 e. The van der Waals surface area contributed by atoms with Crippen molar-refractivity contribution in [2.24, 2.45) is 0 Å². The number of aliphatic hydroxyl groups is 1. The van der Waals surface area contributed by atoms with Crippen LogP contribution in [0.25, 0.3) is 0 Å². The molecule has 0 atom stereocenters. The Morgan fingerprint density at radius 1 is 1.18 bits per heavy atom. The molecule has 0 bridgehead atoms. The van der Waals surface area contributed by atoms with E-state index in [4.69, 9.17) is 9.84 Å². The van der Waals surface area contributed by atoms with Gasteiger partial charge in [0.25, 0.3) is 0 Å². The maximum atomic E-state index is 13.3. The lowest BCUT2D eigenvalue weighted by Gasteiger charge is -2.08. The molecule has 0 aromatic heterocycles. The molecule has 0 aliphatic rings. The maximum absolute atomic E-state index is 13.3. The number of methoxy groups -OCH3 is 1. The van der Waals surface area contributed by atoms with Crippen molar-refractivity contribution >= 4 is 5.91 Å². The van der Waals surface area contributed by atoms with Gasteiger partial charge < -0.3 is 15.2 Å². The van der Waals surface area contributed by atoms with Crippen LogP contribution in [-0.4, -0.2) is 18.1 Å². The zero-order valence-corrected chi connectivity index (χ0v) is 12.3. The van der Waals surface area contributed by atoms with Crippen LogP contribution in [0.3, 0.4) is 0 Å². The number of benzene rings is 2. The maximum Gasteiger partial charge on any atom is 0.224 e. The first-order valence-corrected chi connectivity index (χ1v) is 6.90. The van der Waals surface area contributed by atoms with Gasteiger partial charge in [0.05, 0.1) is 20.1 Å². The first-order valence-electron chi connectivity index (χ1n) is 6.90. The summed E-state index contributed by atoms with van der Waals surface area (Å²) < 4.78 is 18.3. The SMILES string of the molecule is COc1ccc(CC(=O)NCc2ccc(F)c(CO)c2)cc1. The Balaban J connectivity index is 1.89. The Hall–Kier alpha value is -2.40. The predicted molar refractivity (Wildman–Crippen MR) is 80.9 cm³/mol. The van der Waals surface area contributed by atoms with E-state index in [0.717, 1.165) is 16.9 Å².